The molecule has 0 heterocycles. The zero-order chi connectivity index (χ0) is 6.41. The molecule has 0 aliphatic carbocycles. The fraction of sp³-hybridized carbons (Fsp3) is 0.800. The van der Waals surface area contributed by atoms with Crippen LogP contribution >= 0.6 is 22.6 Å². The molecule has 0 radical (unpaired) electrons. The summed E-state index contributed by atoms with van der Waals surface area (Å²) in [6, 6.07) is 0. The van der Waals surface area contributed by atoms with Crippen LogP contribution in [0.2, 0.25) is 0 Å². The molecular weight excluding hydrogens is 219 g/mol. The molecule has 0 bridgehead atoms. The van der Waals surface area contributed by atoms with Gasteiger partial charge < -0.3 is 5.11 Å². The monoisotopic (exact) mass is 228 g/mol. The van der Waals surface area contributed by atoms with Gasteiger partial charge in [0, 0.05) is 6.42 Å². The molecule has 0 spiro atoms. The molecule has 3 heteroatoms. The summed E-state index contributed by atoms with van der Waals surface area (Å²) in [5.41, 5.74) is 0. The molecule has 0 unspecified atom stereocenters. The predicted molar refractivity (Wildman–Crippen MR) is 40.2 cm³/mol. The molecule has 0 aliphatic rings. The fourth-order valence-corrected chi connectivity index (χ4v) is 0.724. The van der Waals surface area contributed by atoms with Gasteiger partial charge in [-0.3, -0.25) is 4.79 Å². The number of rotatable bonds is 4. The quantitative estimate of drug-likeness (QED) is 0.569. The average molecular weight is 228 g/mol. The maximum atomic E-state index is 10.3. The summed E-state index contributed by atoms with van der Waals surface area (Å²) in [6.07, 6.45) is 1.42. The molecule has 0 aliphatic heterocycles. The van der Waals surface area contributed by atoms with E-state index in [0.29, 0.717) is 6.42 Å². The van der Waals surface area contributed by atoms with E-state index < -0.39 is 0 Å². The van der Waals surface area contributed by atoms with Crippen molar-refractivity contribution in [2.75, 3.05) is 11.0 Å². The average Bonchev–Trinajstić information content (AvgIpc) is 1.83. The standard InChI is InChI=1S/C5H9IO2/c6-3-1-2-5(8)4-7/h7H,1-4H2. The minimum absolute atomic E-state index is 0.0540. The lowest BCUT2D eigenvalue weighted by molar-refractivity contribution is -0.121. The van der Waals surface area contributed by atoms with Crippen LogP contribution in [0.1, 0.15) is 12.8 Å². The molecule has 0 atom stereocenters. The third kappa shape index (κ3) is 4.52. The van der Waals surface area contributed by atoms with E-state index in [1.165, 1.54) is 0 Å². The van der Waals surface area contributed by atoms with Crippen LogP contribution in [0.3, 0.4) is 0 Å². The first-order valence-corrected chi connectivity index (χ1v) is 4.02. The minimum Gasteiger partial charge on any atom is -0.389 e. The molecular formula is C5H9IO2. The van der Waals surface area contributed by atoms with Crippen LogP contribution in [0.4, 0.5) is 0 Å². The second-order valence-corrected chi connectivity index (χ2v) is 2.57. The van der Waals surface area contributed by atoms with E-state index in [-0.39, 0.29) is 12.4 Å². The number of hydrogen-bond acceptors (Lipinski definition) is 2. The maximum Gasteiger partial charge on any atom is 0.158 e. The Labute approximate surface area is 62.4 Å². The first-order chi connectivity index (χ1) is 3.81. The maximum absolute atomic E-state index is 10.3. The van der Waals surface area contributed by atoms with Gasteiger partial charge in [-0.05, 0) is 10.8 Å². The van der Waals surface area contributed by atoms with Crippen molar-refractivity contribution >= 4 is 28.4 Å². The zero-order valence-corrected chi connectivity index (χ0v) is 6.72. The van der Waals surface area contributed by atoms with Crippen LogP contribution in [0.25, 0.3) is 0 Å². The van der Waals surface area contributed by atoms with E-state index in [0.717, 1.165) is 10.8 Å². The second kappa shape index (κ2) is 5.50. The highest BCUT2D eigenvalue weighted by molar-refractivity contribution is 14.1. The number of aliphatic hydroxyl groups excluding tert-OH is 1. The molecule has 0 aromatic rings. The molecule has 0 saturated carbocycles. The van der Waals surface area contributed by atoms with Crippen LogP contribution in [-0.4, -0.2) is 21.9 Å². The Morgan fingerprint density at radius 2 is 2.25 bits per heavy atom. The van der Waals surface area contributed by atoms with Gasteiger partial charge in [0.05, 0.1) is 0 Å². The number of carbonyl (C=O) groups is 1. The Balaban J connectivity index is 2.99. The number of ketones is 1. The summed E-state index contributed by atoms with van der Waals surface area (Å²) >= 11 is 2.20. The number of carbonyl (C=O) groups excluding carboxylic acids is 1. The summed E-state index contributed by atoms with van der Waals surface area (Å²) < 4.78 is 0.990. The number of alkyl halides is 1. The van der Waals surface area contributed by atoms with Crippen molar-refractivity contribution in [3.8, 4) is 0 Å². The topological polar surface area (TPSA) is 37.3 Å². The first kappa shape index (κ1) is 8.36. The highest BCUT2D eigenvalue weighted by atomic mass is 127. The molecule has 0 aromatic heterocycles. The molecule has 0 aromatic carbocycles. The number of aliphatic hydroxyl groups is 1. The van der Waals surface area contributed by atoms with Gasteiger partial charge in [0.2, 0.25) is 0 Å². The SMILES string of the molecule is O=C(CO)CCCI. The molecule has 0 amide bonds. The molecule has 48 valence electrons. The number of halogens is 1. The van der Waals surface area contributed by atoms with Gasteiger partial charge in [-0.25, -0.2) is 0 Å². The smallest absolute Gasteiger partial charge is 0.158 e. The molecule has 0 rings (SSSR count). The van der Waals surface area contributed by atoms with E-state index in [1.54, 1.807) is 0 Å². The van der Waals surface area contributed by atoms with Crippen molar-refractivity contribution in [3.63, 3.8) is 0 Å². The van der Waals surface area contributed by atoms with E-state index in [1.807, 2.05) is 0 Å². The lowest BCUT2D eigenvalue weighted by Crippen LogP contribution is -2.02. The molecule has 0 saturated heterocycles. The second-order valence-electron chi connectivity index (χ2n) is 1.49. The van der Waals surface area contributed by atoms with Gasteiger partial charge in [-0.2, -0.15) is 0 Å². The van der Waals surface area contributed by atoms with Gasteiger partial charge >= 0.3 is 0 Å². The fourth-order valence-electron chi connectivity index (χ4n) is 0.343. The van der Waals surface area contributed by atoms with E-state index in [2.05, 4.69) is 22.6 Å². The van der Waals surface area contributed by atoms with Gasteiger partial charge in [-0.1, -0.05) is 22.6 Å². The van der Waals surface area contributed by atoms with Crippen LogP contribution in [-0.2, 0) is 4.79 Å². The summed E-state index contributed by atoms with van der Waals surface area (Å²) in [5.74, 6) is -0.0540. The Hall–Kier alpha value is 0.360. The highest BCUT2D eigenvalue weighted by Gasteiger charge is 1.95. The van der Waals surface area contributed by atoms with E-state index >= 15 is 0 Å². The van der Waals surface area contributed by atoms with Crippen LogP contribution < -0.4 is 0 Å². The summed E-state index contributed by atoms with van der Waals surface area (Å²) in [4.78, 5) is 10.3. The van der Waals surface area contributed by atoms with Gasteiger partial charge in [0.15, 0.2) is 5.78 Å². The lowest BCUT2D eigenvalue weighted by Gasteiger charge is -1.90. The number of hydrogen-bond donors (Lipinski definition) is 1. The first-order valence-electron chi connectivity index (χ1n) is 2.49. The molecule has 0 fully saturated rings. The van der Waals surface area contributed by atoms with Gasteiger partial charge in [-0.15, -0.1) is 0 Å². The van der Waals surface area contributed by atoms with E-state index in [4.69, 9.17) is 5.11 Å². The van der Waals surface area contributed by atoms with Gasteiger partial charge in [0.25, 0.3) is 0 Å². The third-order valence-electron chi connectivity index (χ3n) is 0.766. The van der Waals surface area contributed by atoms with Crippen molar-refractivity contribution in [2.45, 2.75) is 12.8 Å². The third-order valence-corrected chi connectivity index (χ3v) is 1.53. The molecule has 8 heavy (non-hydrogen) atoms. The Morgan fingerprint density at radius 1 is 1.62 bits per heavy atom. The number of Topliss-reactive ketones (excluding diaryl/α,β-unsaturated/α-hetero) is 1. The predicted octanol–water partition coefficient (Wildman–Crippen LogP) is 0.763. The Bertz CT molecular complexity index is 72.8. The molecule has 2 nitrogen and oxygen atoms in total. The lowest BCUT2D eigenvalue weighted by atomic mass is 10.2. The zero-order valence-electron chi connectivity index (χ0n) is 4.56. The minimum atomic E-state index is -0.295. The largest absolute Gasteiger partial charge is 0.389 e. The summed E-state index contributed by atoms with van der Waals surface area (Å²) in [5, 5.41) is 8.21. The van der Waals surface area contributed by atoms with Crippen molar-refractivity contribution in [3.05, 3.63) is 0 Å². The summed E-state index contributed by atoms with van der Waals surface area (Å²) in [6.45, 7) is -0.295. The summed E-state index contributed by atoms with van der Waals surface area (Å²) in [7, 11) is 0. The van der Waals surface area contributed by atoms with Crippen molar-refractivity contribution in [1.29, 1.82) is 0 Å². The van der Waals surface area contributed by atoms with E-state index in [9.17, 15) is 4.79 Å². The van der Waals surface area contributed by atoms with Crippen molar-refractivity contribution in [2.24, 2.45) is 0 Å². The van der Waals surface area contributed by atoms with Crippen molar-refractivity contribution < 1.29 is 9.90 Å². The van der Waals surface area contributed by atoms with Crippen LogP contribution in [0.15, 0.2) is 0 Å². The van der Waals surface area contributed by atoms with Crippen LogP contribution in [0, 0.1) is 0 Å². The van der Waals surface area contributed by atoms with Gasteiger partial charge in [0.1, 0.15) is 6.61 Å². The Morgan fingerprint density at radius 3 is 2.62 bits per heavy atom. The molecule has 1 N–H and O–H groups in total. The van der Waals surface area contributed by atoms with Crippen molar-refractivity contribution in [1.82, 2.24) is 0 Å². The normalized spacial score (nSPS) is 9.25. The van der Waals surface area contributed by atoms with Crippen LogP contribution in [0.5, 0.6) is 0 Å². The highest BCUT2D eigenvalue weighted by Crippen LogP contribution is 1.94. The Kier molecular flexibility index (Phi) is 5.74.